The molecule has 0 saturated heterocycles. The van der Waals surface area contributed by atoms with Crippen molar-refractivity contribution in [1.29, 1.82) is 5.26 Å². The third kappa shape index (κ3) is 3.26. The average molecular weight is 366 g/mol. The number of benzene rings is 3. The molecule has 0 bridgehead atoms. The maximum atomic E-state index is 12.9. The molecule has 3 aromatic rings. The highest BCUT2D eigenvalue weighted by Gasteiger charge is 2.30. The van der Waals surface area contributed by atoms with Crippen LogP contribution in [0, 0.1) is 18.3 Å². The molecule has 3 aromatic carbocycles. The minimum Gasteiger partial charge on any atom is -0.457 e. The zero-order chi connectivity index (χ0) is 19.5. The lowest BCUT2D eigenvalue weighted by molar-refractivity contribution is 0.0794. The van der Waals surface area contributed by atoms with Gasteiger partial charge in [0.05, 0.1) is 6.07 Å². The molecule has 0 aromatic heterocycles. The van der Waals surface area contributed by atoms with Crippen LogP contribution < -0.4 is 4.74 Å². The summed E-state index contributed by atoms with van der Waals surface area (Å²) >= 11 is 0. The third-order valence-corrected chi connectivity index (χ3v) is 4.70. The van der Waals surface area contributed by atoms with E-state index < -0.39 is 6.04 Å². The van der Waals surface area contributed by atoms with Crippen LogP contribution in [0.1, 0.15) is 33.1 Å². The van der Waals surface area contributed by atoms with E-state index in [-0.39, 0.29) is 5.91 Å². The number of amides is 1. The monoisotopic (exact) mass is 366 g/mol. The van der Waals surface area contributed by atoms with E-state index >= 15 is 0 Å². The number of carbonyl (C=O) groups is 1. The highest BCUT2D eigenvalue weighted by Crippen LogP contribution is 2.37. The van der Waals surface area contributed by atoms with Gasteiger partial charge in [-0.3, -0.25) is 9.69 Å². The summed E-state index contributed by atoms with van der Waals surface area (Å²) in [4.78, 5) is 14.3. The van der Waals surface area contributed by atoms with Gasteiger partial charge >= 0.3 is 0 Å². The summed E-state index contributed by atoms with van der Waals surface area (Å²) < 4.78 is 6.04. The first kappa shape index (κ1) is 17.6. The quantitative estimate of drug-likeness (QED) is 0.617. The lowest BCUT2D eigenvalue weighted by atomic mass is 9.95. The van der Waals surface area contributed by atoms with Crippen LogP contribution in [0.5, 0.6) is 11.5 Å². The van der Waals surface area contributed by atoms with Crippen molar-refractivity contribution in [2.75, 3.05) is 0 Å². The smallest absolute Gasteiger partial charge is 0.259 e. The largest absolute Gasteiger partial charge is 0.457 e. The zero-order valence-corrected chi connectivity index (χ0v) is 15.4. The Morgan fingerprint density at radius 2 is 1.75 bits per heavy atom. The van der Waals surface area contributed by atoms with E-state index in [2.05, 4.69) is 6.07 Å². The van der Waals surface area contributed by atoms with E-state index in [4.69, 9.17) is 4.74 Å². The number of ether oxygens (including phenoxy) is 1. The van der Waals surface area contributed by atoms with Gasteiger partial charge in [-0.05, 0) is 43.3 Å². The molecule has 1 unspecified atom stereocenters. The Morgan fingerprint density at radius 1 is 1.00 bits per heavy atom. The maximum absolute atomic E-state index is 12.9. The summed E-state index contributed by atoms with van der Waals surface area (Å²) in [6.07, 6.45) is 3.49. The van der Waals surface area contributed by atoms with E-state index in [1.165, 1.54) is 4.90 Å². The van der Waals surface area contributed by atoms with E-state index in [9.17, 15) is 10.1 Å². The number of carbonyl (C=O) groups excluding carboxylic acids is 1. The van der Waals surface area contributed by atoms with Gasteiger partial charge in [-0.2, -0.15) is 5.26 Å². The number of hydrogen-bond donors (Lipinski definition) is 0. The molecular weight excluding hydrogens is 348 g/mol. The minimum atomic E-state index is -0.714. The molecule has 136 valence electrons. The first-order valence-corrected chi connectivity index (χ1v) is 9.00. The van der Waals surface area contributed by atoms with E-state index in [1.54, 1.807) is 18.3 Å². The molecule has 1 atom stereocenters. The van der Waals surface area contributed by atoms with Crippen molar-refractivity contribution in [3.63, 3.8) is 0 Å². The lowest BCUT2D eigenvalue weighted by Crippen LogP contribution is -2.31. The summed E-state index contributed by atoms with van der Waals surface area (Å²) in [6, 6.07) is 23.9. The molecule has 0 radical (unpaired) electrons. The third-order valence-electron chi connectivity index (χ3n) is 4.70. The number of aryl methyl sites for hydroxylation is 1. The molecule has 0 fully saturated rings. The van der Waals surface area contributed by atoms with Crippen LogP contribution >= 0.6 is 0 Å². The molecule has 4 rings (SSSR count). The van der Waals surface area contributed by atoms with Gasteiger partial charge < -0.3 is 4.74 Å². The molecule has 28 heavy (non-hydrogen) atoms. The molecule has 1 heterocycles. The first-order valence-electron chi connectivity index (χ1n) is 9.00. The molecule has 0 N–H and O–H groups in total. The number of rotatable bonds is 3. The van der Waals surface area contributed by atoms with Crippen molar-refractivity contribution >= 4 is 12.0 Å². The molecule has 1 aliphatic heterocycles. The summed E-state index contributed by atoms with van der Waals surface area (Å²) in [5.74, 6) is 1.17. The SMILES string of the molecule is Cc1ccc(Oc2cccc3c2C=CN(C(=O)c2ccccc2)C3C#N)cc1. The predicted octanol–water partition coefficient (Wildman–Crippen LogP) is 5.48. The first-order chi connectivity index (χ1) is 13.7. The van der Waals surface area contributed by atoms with Gasteiger partial charge in [-0.25, -0.2) is 0 Å². The Kier molecular flexibility index (Phi) is 4.65. The highest BCUT2D eigenvalue weighted by atomic mass is 16.5. The minimum absolute atomic E-state index is 0.209. The fraction of sp³-hybridized carbons (Fsp3) is 0.0833. The molecule has 4 heteroatoms. The highest BCUT2D eigenvalue weighted by molar-refractivity contribution is 5.96. The summed E-state index contributed by atoms with van der Waals surface area (Å²) in [6.45, 7) is 2.02. The van der Waals surface area contributed by atoms with Crippen molar-refractivity contribution in [1.82, 2.24) is 4.90 Å². The number of fused-ring (bicyclic) bond motifs is 1. The summed E-state index contributed by atoms with van der Waals surface area (Å²) in [7, 11) is 0. The van der Waals surface area contributed by atoms with Gasteiger partial charge in [0.2, 0.25) is 0 Å². The lowest BCUT2D eigenvalue weighted by Gasteiger charge is -2.29. The van der Waals surface area contributed by atoms with Crippen LogP contribution in [0.15, 0.2) is 79.0 Å². The molecule has 4 nitrogen and oxygen atoms in total. The van der Waals surface area contributed by atoms with Crippen LogP contribution in [-0.2, 0) is 0 Å². The second kappa shape index (κ2) is 7.42. The van der Waals surface area contributed by atoms with Gasteiger partial charge in [-0.1, -0.05) is 48.0 Å². The van der Waals surface area contributed by atoms with E-state index in [1.807, 2.05) is 73.7 Å². The van der Waals surface area contributed by atoms with Crippen molar-refractivity contribution in [2.24, 2.45) is 0 Å². The van der Waals surface area contributed by atoms with Crippen LogP contribution in [0.3, 0.4) is 0 Å². The van der Waals surface area contributed by atoms with Crippen molar-refractivity contribution in [3.8, 4) is 17.6 Å². The average Bonchev–Trinajstić information content (AvgIpc) is 2.75. The fourth-order valence-electron chi connectivity index (χ4n) is 3.24. The Hall–Kier alpha value is -3.84. The number of hydrogen-bond acceptors (Lipinski definition) is 3. The fourth-order valence-corrected chi connectivity index (χ4v) is 3.24. The van der Waals surface area contributed by atoms with Gasteiger partial charge in [0, 0.05) is 22.9 Å². The maximum Gasteiger partial charge on any atom is 0.259 e. The van der Waals surface area contributed by atoms with Gasteiger partial charge in [0.25, 0.3) is 5.91 Å². The molecule has 0 aliphatic carbocycles. The number of nitrogens with zero attached hydrogens (tertiary/aromatic N) is 2. The second-order valence-electron chi connectivity index (χ2n) is 6.60. The van der Waals surface area contributed by atoms with Crippen LogP contribution in [0.25, 0.3) is 6.08 Å². The van der Waals surface area contributed by atoms with Crippen molar-refractivity contribution in [3.05, 3.63) is 101 Å². The van der Waals surface area contributed by atoms with Crippen LogP contribution in [0.2, 0.25) is 0 Å². The normalized spacial score (nSPS) is 14.9. The second-order valence-corrected chi connectivity index (χ2v) is 6.60. The molecule has 1 amide bonds. The Balaban J connectivity index is 1.69. The van der Waals surface area contributed by atoms with Crippen LogP contribution in [0.4, 0.5) is 0 Å². The molecule has 0 spiro atoms. The summed E-state index contributed by atoms with van der Waals surface area (Å²) in [5, 5.41) is 9.80. The van der Waals surface area contributed by atoms with E-state index in [0.29, 0.717) is 11.3 Å². The van der Waals surface area contributed by atoms with E-state index in [0.717, 1.165) is 22.4 Å². The Bertz CT molecular complexity index is 1080. The Labute approximate surface area is 163 Å². The zero-order valence-electron chi connectivity index (χ0n) is 15.4. The topological polar surface area (TPSA) is 53.3 Å². The van der Waals surface area contributed by atoms with Crippen molar-refractivity contribution < 1.29 is 9.53 Å². The predicted molar refractivity (Wildman–Crippen MR) is 108 cm³/mol. The van der Waals surface area contributed by atoms with Crippen LogP contribution in [-0.4, -0.2) is 10.8 Å². The van der Waals surface area contributed by atoms with Gasteiger partial charge in [0.15, 0.2) is 0 Å². The van der Waals surface area contributed by atoms with Crippen molar-refractivity contribution in [2.45, 2.75) is 13.0 Å². The standard InChI is InChI=1S/C24H18N2O2/c1-17-10-12-19(13-11-17)28-23-9-5-8-20-21(23)14-15-26(22(20)16-25)24(27)18-6-3-2-4-7-18/h2-15,22H,1H3. The summed E-state index contributed by atoms with van der Waals surface area (Å²) in [5.41, 5.74) is 3.26. The molecule has 0 saturated carbocycles. The Morgan fingerprint density at radius 3 is 2.46 bits per heavy atom. The van der Waals surface area contributed by atoms with Gasteiger partial charge in [-0.15, -0.1) is 0 Å². The van der Waals surface area contributed by atoms with Gasteiger partial charge in [0.1, 0.15) is 17.5 Å². The molecular formula is C24H18N2O2. The number of nitriles is 1. The molecule has 1 aliphatic rings.